The van der Waals surface area contributed by atoms with E-state index in [1.165, 1.54) is 12.1 Å². The minimum Gasteiger partial charge on any atom is -0.489 e. The smallest absolute Gasteiger partial charge is 0.317 e. The minimum atomic E-state index is -0.293. The molecule has 1 aromatic heterocycles. The van der Waals surface area contributed by atoms with E-state index in [2.05, 4.69) is 15.5 Å². The predicted octanol–water partition coefficient (Wildman–Crippen LogP) is 4.80. The zero-order chi connectivity index (χ0) is 23.2. The van der Waals surface area contributed by atoms with E-state index in [4.69, 9.17) is 21.1 Å². The predicted molar refractivity (Wildman–Crippen MR) is 124 cm³/mol. The summed E-state index contributed by atoms with van der Waals surface area (Å²) in [4.78, 5) is 14.1. The van der Waals surface area contributed by atoms with E-state index in [1.807, 2.05) is 18.2 Å². The molecule has 4 rings (SSSR count). The van der Waals surface area contributed by atoms with Crippen LogP contribution in [-0.4, -0.2) is 47.9 Å². The van der Waals surface area contributed by atoms with Crippen LogP contribution in [0.25, 0.3) is 11.3 Å². The molecule has 0 atom stereocenters. The highest BCUT2D eigenvalue weighted by molar-refractivity contribution is 6.32. The summed E-state index contributed by atoms with van der Waals surface area (Å²) < 4.78 is 24.7. The van der Waals surface area contributed by atoms with Gasteiger partial charge in [-0.1, -0.05) is 23.7 Å². The summed E-state index contributed by atoms with van der Waals surface area (Å²) in [5.41, 5.74) is 3.20. The monoisotopic (exact) mass is 472 g/mol. The SMILES string of the molecule is CN(CCCc1cc(-c2cccc(F)c2)n[nH]1)C(=O)NCc1cc(Cl)c2c(c1)OCCCO2. The number of aromatic amines is 1. The Labute approximate surface area is 196 Å². The average molecular weight is 473 g/mol. The zero-order valence-electron chi connectivity index (χ0n) is 18.4. The lowest BCUT2D eigenvalue weighted by Crippen LogP contribution is -2.37. The van der Waals surface area contributed by atoms with E-state index in [-0.39, 0.29) is 11.8 Å². The number of nitrogens with zero attached hydrogens (tertiary/aromatic N) is 2. The average Bonchev–Trinajstić information content (AvgIpc) is 3.14. The van der Waals surface area contributed by atoms with Crippen LogP contribution in [0.5, 0.6) is 11.5 Å². The fourth-order valence-electron chi connectivity index (χ4n) is 3.59. The molecule has 2 N–H and O–H groups in total. The van der Waals surface area contributed by atoms with Gasteiger partial charge in [0.15, 0.2) is 11.5 Å². The van der Waals surface area contributed by atoms with Crippen molar-refractivity contribution in [1.29, 1.82) is 0 Å². The number of aromatic nitrogens is 2. The van der Waals surface area contributed by atoms with Crippen LogP contribution in [0.4, 0.5) is 9.18 Å². The van der Waals surface area contributed by atoms with Gasteiger partial charge in [0.2, 0.25) is 0 Å². The van der Waals surface area contributed by atoms with Crippen molar-refractivity contribution in [2.45, 2.75) is 25.8 Å². The number of ether oxygens (including phenoxy) is 2. The third-order valence-corrected chi connectivity index (χ3v) is 5.62. The first-order chi connectivity index (χ1) is 16.0. The Hall–Kier alpha value is -3.26. The number of rotatable bonds is 7. The Kier molecular flexibility index (Phi) is 7.34. The maximum Gasteiger partial charge on any atom is 0.317 e. The van der Waals surface area contributed by atoms with E-state index in [0.717, 1.165) is 36.1 Å². The first-order valence-corrected chi connectivity index (χ1v) is 11.2. The van der Waals surface area contributed by atoms with Crippen LogP contribution in [0.3, 0.4) is 0 Å². The van der Waals surface area contributed by atoms with Crippen LogP contribution in [0.1, 0.15) is 24.1 Å². The lowest BCUT2D eigenvalue weighted by Gasteiger charge is -2.18. The van der Waals surface area contributed by atoms with Gasteiger partial charge < -0.3 is 19.7 Å². The molecule has 174 valence electrons. The molecule has 2 aromatic carbocycles. The second-order valence-electron chi connectivity index (χ2n) is 7.93. The third-order valence-electron chi connectivity index (χ3n) is 5.34. The highest BCUT2D eigenvalue weighted by Gasteiger charge is 2.16. The minimum absolute atomic E-state index is 0.178. The fraction of sp³-hybridized carbons (Fsp3) is 0.333. The number of amides is 2. The van der Waals surface area contributed by atoms with Crippen molar-refractivity contribution in [1.82, 2.24) is 20.4 Å². The van der Waals surface area contributed by atoms with Crippen molar-refractivity contribution in [3.05, 3.63) is 64.6 Å². The van der Waals surface area contributed by atoms with Gasteiger partial charge in [-0.05, 0) is 48.7 Å². The van der Waals surface area contributed by atoms with E-state index in [0.29, 0.717) is 48.5 Å². The largest absolute Gasteiger partial charge is 0.489 e. The van der Waals surface area contributed by atoms with Gasteiger partial charge in [-0.25, -0.2) is 9.18 Å². The van der Waals surface area contributed by atoms with E-state index in [9.17, 15) is 9.18 Å². The number of hydrogen-bond donors (Lipinski definition) is 2. The number of halogens is 2. The van der Waals surface area contributed by atoms with Crippen LogP contribution in [-0.2, 0) is 13.0 Å². The van der Waals surface area contributed by atoms with Crippen molar-refractivity contribution < 1.29 is 18.7 Å². The van der Waals surface area contributed by atoms with Crippen molar-refractivity contribution in [3.8, 4) is 22.8 Å². The first-order valence-electron chi connectivity index (χ1n) is 10.9. The lowest BCUT2D eigenvalue weighted by atomic mass is 10.1. The molecule has 0 saturated heterocycles. The van der Waals surface area contributed by atoms with Crippen LogP contribution >= 0.6 is 11.6 Å². The maximum atomic E-state index is 13.4. The summed E-state index contributed by atoms with van der Waals surface area (Å²) in [6.45, 7) is 2.04. The van der Waals surface area contributed by atoms with Gasteiger partial charge in [0.05, 0.1) is 23.9 Å². The Morgan fingerprint density at radius 1 is 1.24 bits per heavy atom. The molecule has 0 radical (unpaired) electrons. The molecule has 7 nitrogen and oxygen atoms in total. The molecule has 2 heterocycles. The summed E-state index contributed by atoms with van der Waals surface area (Å²) in [7, 11) is 1.75. The van der Waals surface area contributed by atoms with Gasteiger partial charge >= 0.3 is 6.03 Å². The number of aryl methyl sites for hydroxylation is 1. The molecule has 0 aliphatic carbocycles. The molecule has 2 amide bonds. The third kappa shape index (κ3) is 5.96. The number of carbonyl (C=O) groups excluding carboxylic acids is 1. The number of nitrogens with one attached hydrogen (secondary N) is 2. The molecule has 9 heteroatoms. The number of urea groups is 1. The molecule has 33 heavy (non-hydrogen) atoms. The number of carbonyl (C=O) groups is 1. The second-order valence-corrected chi connectivity index (χ2v) is 8.34. The van der Waals surface area contributed by atoms with Crippen LogP contribution in [0.15, 0.2) is 42.5 Å². The molecule has 0 unspecified atom stereocenters. The van der Waals surface area contributed by atoms with Crippen molar-refractivity contribution >= 4 is 17.6 Å². The first kappa shape index (κ1) is 22.9. The molecule has 0 bridgehead atoms. The molecular weight excluding hydrogens is 447 g/mol. The highest BCUT2D eigenvalue weighted by Crippen LogP contribution is 2.37. The van der Waals surface area contributed by atoms with Gasteiger partial charge in [-0.15, -0.1) is 0 Å². The van der Waals surface area contributed by atoms with Gasteiger partial charge in [-0.3, -0.25) is 5.10 Å². The quantitative estimate of drug-likeness (QED) is 0.517. The molecule has 0 spiro atoms. The van der Waals surface area contributed by atoms with Gasteiger partial charge in [0.25, 0.3) is 0 Å². The van der Waals surface area contributed by atoms with Gasteiger partial charge in [0.1, 0.15) is 5.82 Å². The van der Waals surface area contributed by atoms with Crippen LogP contribution in [0.2, 0.25) is 5.02 Å². The van der Waals surface area contributed by atoms with Crippen LogP contribution < -0.4 is 14.8 Å². The number of H-pyrrole nitrogens is 1. The Balaban J connectivity index is 1.24. The number of hydrogen-bond acceptors (Lipinski definition) is 4. The van der Waals surface area contributed by atoms with Gasteiger partial charge in [0, 0.05) is 37.8 Å². The van der Waals surface area contributed by atoms with E-state index in [1.54, 1.807) is 24.1 Å². The standard InChI is InChI=1S/C24H26ClFN4O3/c1-30(8-3-7-19-14-21(29-28-19)17-5-2-6-18(26)13-17)24(31)27-15-16-11-20(25)23-22(12-16)32-9-4-10-33-23/h2,5-6,11-14H,3-4,7-10,15H2,1H3,(H,27,31)(H,28,29). The lowest BCUT2D eigenvalue weighted by molar-refractivity contribution is 0.208. The molecular formula is C24H26ClFN4O3. The fourth-order valence-corrected chi connectivity index (χ4v) is 3.88. The summed E-state index contributed by atoms with van der Waals surface area (Å²) >= 11 is 6.32. The van der Waals surface area contributed by atoms with Crippen LogP contribution in [0, 0.1) is 5.82 Å². The Morgan fingerprint density at radius 2 is 2.09 bits per heavy atom. The summed E-state index contributed by atoms with van der Waals surface area (Å²) in [6, 6.07) is 11.7. The molecule has 1 aliphatic heterocycles. The maximum absolute atomic E-state index is 13.4. The summed E-state index contributed by atoms with van der Waals surface area (Å²) in [5.74, 6) is 0.870. The molecule has 3 aromatic rings. The zero-order valence-corrected chi connectivity index (χ0v) is 19.1. The number of benzene rings is 2. The molecule has 0 saturated carbocycles. The van der Waals surface area contributed by atoms with E-state index >= 15 is 0 Å². The van der Waals surface area contributed by atoms with E-state index < -0.39 is 0 Å². The van der Waals surface area contributed by atoms with Crippen molar-refractivity contribution in [2.24, 2.45) is 0 Å². The topological polar surface area (TPSA) is 79.5 Å². The molecule has 1 aliphatic rings. The summed E-state index contributed by atoms with van der Waals surface area (Å²) in [5, 5.41) is 10.6. The highest BCUT2D eigenvalue weighted by atomic mass is 35.5. The van der Waals surface area contributed by atoms with Crippen molar-refractivity contribution in [3.63, 3.8) is 0 Å². The normalized spacial score (nSPS) is 12.8. The molecule has 0 fully saturated rings. The Morgan fingerprint density at radius 3 is 2.94 bits per heavy atom. The second kappa shape index (κ2) is 10.6. The van der Waals surface area contributed by atoms with Crippen molar-refractivity contribution in [2.75, 3.05) is 26.8 Å². The number of fused-ring (bicyclic) bond motifs is 1. The Bertz CT molecular complexity index is 1120. The van der Waals surface area contributed by atoms with Gasteiger partial charge in [-0.2, -0.15) is 5.10 Å². The summed E-state index contributed by atoms with van der Waals surface area (Å²) in [6.07, 6.45) is 2.27.